The number of amides is 2. The molecule has 1 unspecified atom stereocenters. The van der Waals surface area contributed by atoms with E-state index in [0.717, 1.165) is 28.0 Å². The van der Waals surface area contributed by atoms with Gasteiger partial charge >= 0.3 is 0 Å². The Morgan fingerprint density at radius 2 is 1.97 bits per heavy atom. The normalized spacial score (nSPS) is 11.9. The van der Waals surface area contributed by atoms with E-state index in [1.807, 2.05) is 62.4 Å². The van der Waals surface area contributed by atoms with Crippen molar-refractivity contribution in [2.45, 2.75) is 32.9 Å². The molecule has 0 spiro atoms. The summed E-state index contributed by atoms with van der Waals surface area (Å²) in [5.74, 6) is 0.767. The summed E-state index contributed by atoms with van der Waals surface area (Å²) in [6.07, 6.45) is 2.26. The van der Waals surface area contributed by atoms with Gasteiger partial charge in [0.05, 0.1) is 6.54 Å². The molecule has 8 nitrogen and oxygen atoms in total. The van der Waals surface area contributed by atoms with E-state index >= 15 is 0 Å². The summed E-state index contributed by atoms with van der Waals surface area (Å²) in [7, 11) is 3.80. The summed E-state index contributed by atoms with van der Waals surface area (Å²) in [5.41, 5.74) is 2.79. The standard InChI is InChI=1S/C21H26N6O2/c1-13-9-20(27(3)4)26-19(24-13)12-23-21(29)18(25-14(2)28)10-15-11-22-17-8-6-5-7-16(15)17/h5-9,11,18,22H,10,12H2,1-4H3,(H,23,29)(H,25,28). The number of anilines is 1. The number of hydrogen-bond acceptors (Lipinski definition) is 5. The van der Waals surface area contributed by atoms with E-state index in [9.17, 15) is 9.59 Å². The van der Waals surface area contributed by atoms with E-state index in [4.69, 9.17) is 0 Å². The van der Waals surface area contributed by atoms with Crippen LogP contribution < -0.4 is 15.5 Å². The van der Waals surface area contributed by atoms with Gasteiger partial charge in [-0.2, -0.15) is 0 Å². The Morgan fingerprint density at radius 1 is 1.21 bits per heavy atom. The Morgan fingerprint density at radius 3 is 2.69 bits per heavy atom. The van der Waals surface area contributed by atoms with Crippen LogP contribution in [0.3, 0.4) is 0 Å². The first-order valence-electron chi connectivity index (χ1n) is 9.45. The van der Waals surface area contributed by atoms with Gasteiger partial charge in [0.25, 0.3) is 0 Å². The molecule has 0 aliphatic rings. The molecule has 3 aromatic rings. The number of aromatic nitrogens is 3. The molecule has 3 N–H and O–H groups in total. The summed E-state index contributed by atoms with van der Waals surface area (Å²) in [4.78, 5) is 38.4. The molecule has 0 radical (unpaired) electrons. The summed E-state index contributed by atoms with van der Waals surface area (Å²) >= 11 is 0. The van der Waals surface area contributed by atoms with Crippen LogP contribution in [0.25, 0.3) is 10.9 Å². The highest BCUT2D eigenvalue weighted by atomic mass is 16.2. The van der Waals surface area contributed by atoms with Gasteiger partial charge in [0.2, 0.25) is 11.8 Å². The van der Waals surface area contributed by atoms with Crippen molar-refractivity contribution in [3.05, 3.63) is 53.6 Å². The van der Waals surface area contributed by atoms with Gasteiger partial charge < -0.3 is 20.5 Å². The number of carbonyl (C=O) groups excluding carboxylic acids is 2. The molecule has 29 heavy (non-hydrogen) atoms. The van der Waals surface area contributed by atoms with Crippen LogP contribution in [0.2, 0.25) is 0 Å². The number of para-hydroxylation sites is 1. The predicted octanol–water partition coefficient (Wildman–Crippen LogP) is 1.70. The van der Waals surface area contributed by atoms with E-state index < -0.39 is 6.04 Å². The maximum absolute atomic E-state index is 12.8. The van der Waals surface area contributed by atoms with Gasteiger partial charge in [-0.1, -0.05) is 18.2 Å². The molecule has 0 aliphatic carbocycles. The first-order valence-corrected chi connectivity index (χ1v) is 9.45. The Hall–Kier alpha value is -3.42. The third kappa shape index (κ3) is 5.10. The van der Waals surface area contributed by atoms with Crippen molar-refractivity contribution in [1.29, 1.82) is 0 Å². The van der Waals surface area contributed by atoms with Crippen LogP contribution >= 0.6 is 0 Å². The van der Waals surface area contributed by atoms with Crippen molar-refractivity contribution in [1.82, 2.24) is 25.6 Å². The van der Waals surface area contributed by atoms with Gasteiger partial charge in [0, 0.05) is 56.3 Å². The first-order chi connectivity index (χ1) is 13.8. The minimum Gasteiger partial charge on any atom is -0.363 e. The van der Waals surface area contributed by atoms with Gasteiger partial charge in [-0.25, -0.2) is 9.97 Å². The molecular weight excluding hydrogens is 368 g/mol. The van der Waals surface area contributed by atoms with Crippen LogP contribution in [0.4, 0.5) is 5.82 Å². The molecular formula is C21H26N6O2. The monoisotopic (exact) mass is 394 g/mol. The minimum absolute atomic E-state index is 0.186. The number of aryl methyl sites for hydroxylation is 1. The van der Waals surface area contributed by atoms with Crippen LogP contribution in [0.15, 0.2) is 36.5 Å². The highest BCUT2D eigenvalue weighted by Crippen LogP contribution is 2.19. The molecule has 152 valence electrons. The van der Waals surface area contributed by atoms with Crippen molar-refractivity contribution < 1.29 is 9.59 Å². The SMILES string of the molecule is CC(=O)NC(Cc1c[nH]c2ccccc12)C(=O)NCc1nc(C)cc(N(C)C)n1. The van der Waals surface area contributed by atoms with Gasteiger partial charge in [-0.05, 0) is 18.6 Å². The maximum Gasteiger partial charge on any atom is 0.243 e. The van der Waals surface area contributed by atoms with Gasteiger partial charge in [-0.3, -0.25) is 9.59 Å². The van der Waals surface area contributed by atoms with Gasteiger partial charge in [-0.15, -0.1) is 0 Å². The van der Waals surface area contributed by atoms with Crippen LogP contribution in [-0.4, -0.2) is 46.9 Å². The Balaban J connectivity index is 1.73. The number of aromatic amines is 1. The second-order valence-electron chi connectivity index (χ2n) is 7.21. The summed E-state index contributed by atoms with van der Waals surface area (Å²) in [6.45, 7) is 3.48. The fourth-order valence-corrected chi connectivity index (χ4v) is 3.18. The van der Waals surface area contributed by atoms with Crippen molar-refractivity contribution in [2.75, 3.05) is 19.0 Å². The van der Waals surface area contributed by atoms with E-state index in [0.29, 0.717) is 12.2 Å². The van der Waals surface area contributed by atoms with Gasteiger partial charge in [0.15, 0.2) is 0 Å². The van der Waals surface area contributed by atoms with Crippen molar-refractivity contribution in [2.24, 2.45) is 0 Å². The van der Waals surface area contributed by atoms with Crippen LogP contribution in [0.5, 0.6) is 0 Å². The number of carbonyl (C=O) groups is 2. The molecule has 0 bridgehead atoms. The van der Waals surface area contributed by atoms with E-state index in [1.165, 1.54) is 6.92 Å². The maximum atomic E-state index is 12.8. The topological polar surface area (TPSA) is 103 Å². The second-order valence-corrected chi connectivity index (χ2v) is 7.21. The number of hydrogen-bond donors (Lipinski definition) is 3. The number of fused-ring (bicyclic) bond motifs is 1. The Labute approximate surface area is 169 Å². The van der Waals surface area contributed by atoms with E-state index in [2.05, 4.69) is 25.6 Å². The van der Waals surface area contributed by atoms with Crippen LogP contribution in [-0.2, 0) is 22.6 Å². The molecule has 2 heterocycles. The lowest BCUT2D eigenvalue weighted by atomic mass is 10.0. The third-order valence-electron chi connectivity index (χ3n) is 4.56. The average molecular weight is 394 g/mol. The zero-order valence-corrected chi connectivity index (χ0v) is 17.1. The summed E-state index contributed by atoms with van der Waals surface area (Å²) in [5, 5.41) is 6.63. The third-order valence-corrected chi connectivity index (χ3v) is 4.56. The number of H-pyrrole nitrogens is 1. The largest absolute Gasteiger partial charge is 0.363 e. The summed E-state index contributed by atoms with van der Waals surface area (Å²) < 4.78 is 0. The van der Waals surface area contributed by atoms with Crippen LogP contribution in [0.1, 0.15) is 24.0 Å². The molecule has 0 saturated heterocycles. The molecule has 1 aromatic carbocycles. The van der Waals surface area contributed by atoms with Crippen LogP contribution in [0, 0.1) is 6.92 Å². The second kappa shape index (κ2) is 8.72. The zero-order chi connectivity index (χ0) is 21.0. The molecule has 0 fully saturated rings. The molecule has 8 heteroatoms. The van der Waals surface area contributed by atoms with Crippen molar-refractivity contribution >= 4 is 28.5 Å². The Kier molecular flexibility index (Phi) is 6.11. The number of benzene rings is 1. The minimum atomic E-state index is -0.690. The fraction of sp³-hybridized carbons (Fsp3) is 0.333. The summed E-state index contributed by atoms with van der Waals surface area (Å²) in [6, 6.07) is 9.05. The van der Waals surface area contributed by atoms with E-state index in [1.54, 1.807) is 0 Å². The lowest BCUT2D eigenvalue weighted by Gasteiger charge is -2.18. The molecule has 2 aromatic heterocycles. The smallest absolute Gasteiger partial charge is 0.243 e. The van der Waals surface area contributed by atoms with E-state index in [-0.39, 0.29) is 18.4 Å². The molecule has 0 aliphatic heterocycles. The number of nitrogens with one attached hydrogen (secondary N) is 3. The van der Waals surface area contributed by atoms with Gasteiger partial charge in [0.1, 0.15) is 17.7 Å². The highest BCUT2D eigenvalue weighted by molar-refractivity contribution is 5.89. The molecule has 0 saturated carbocycles. The quantitative estimate of drug-likeness (QED) is 0.566. The molecule has 1 atom stereocenters. The number of nitrogens with zero attached hydrogens (tertiary/aromatic N) is 3. The first kappa shape index (κ1) is 20.3. The number of rotatable bonds is 7. The molecule has 2 amide bonds. The van der Waals surface area contributed by atoms with Crippen molar-refractivity contribution in [3.63, 3.8) is 0 Å². The van der Waals surface area contributed by atoms with Crippen molar-refractivity contribution in [3.8, 4) is 0 Å². The highest BCUT2D eigenvalue weighted by Gasteiger charge is 2.21. The predicted molar refractivity (Wildman–Crippen MR) is 113 cm³/mol. The molecule has 3 rings (SSSR count). The fourth-order valence-electron chi connectivity index (χ4n) is 3.18. The zero-order valence-electron chi connectivity index (χ0n) is 17.1. The lowest BCUT2D eigenvalue weighted by molar-refractivity contribution is -0.128. The average Bonchev–Trinajstić information content (AvgIpc) is 3.08. The Bertz CT molecular complexity index is 1030. The lowest BCUT2D eigenvalue weighted by Crippen LogP contribution is -2.47.